The number of anilines is 1. The van der Waals surface area contributed by atoms with Gasteiger partial charge in [0.25, 0.3) is 0 Å². The van der Waals surface area contributed by atoms with Gasteiger partial charge in [0.15, 0.2) is 5.65 Å². The molecule has 1 aliphatic heterocycles. The maximum atomic E-state index is 5.34. The van der Waals surface area contributed by atoms with Gasteiger partial charge in [-0.05, 0) is 36.4 Å². The number of hydrogen-bond donors (Lipinski definition) is 0. The molecule has 158 valence electrons. The lowest BCUT2D eigenvalue weighted by atomic mass is 10.1. The largest absolute Gasteiger partial charge is 0.497 e. The van der Waals surface area contributed by atoms with Crippen LogP contribution in [0.1, 0.15) is 6.92 Å². The molecule has 3 heterocycles. The highest BCUT2D eigenvalue weighted by atomic mass is 16.5. The molecule has 1 aliphatic rings. The highest BCUT2D eigenvalue weighted by Crippen LogP contribution is 2.37. The highest BCUT2D eigenvalue weighted by Gasteiger charge is 2.23. The maximum Gasteiger partial charge on any atom is 0.150 e. The van der Waals surface area contributed by atoms with Gasteiger partial charge in [0.2, 0.25) is 0 Å². The summed E-state index contributed by atoms with van der Waals surface area (Å²) in [5.41, 5.74) is 4.29. The Labute approximate surface area is 182 Å². The molecular weight excluding hydrogens is 386 g/mol. The van der Waals surface area contributed by atoms with Gasteiger partial charge in [0, 0.05) is 43.6 Å². The van der Waals surface area contributed by atoms with Crippen LogP contribution in [0.3, 0.4) is 0 Å². The van der Waals surface area contributed by atoms with Gasteiger partial charge in [-0.1, -0.05) is 37.3 Å². The fraction of sp³-hybridized carbons (Fsp3) is 0.280. The van der Waals surface area contributed by atoms with Gasteiger partial charge in [-0.15, -0.1) is 0 Å². The Bertz CT molecular complexity index is 1160. The number of methoxy groups -OCH3 is 1. The topological polar surface area (TPSA) is 46.4 Å². The molecule has 5 rings (SSSR count). The molecule has 0 bridgehead atoms. The van der Waals surface area contributed by atoms with Crippen molar-refractivity contribution in [2.75, 3.05) is 44.7 Å². The van der Waals surface area contributed by atoms with Crippen LogP contribution in [0.5, 0.6) is 5.75 Å². The summed E-state index contributed by atoms with van der Waals surface area (Å²) >= 11 is 0. The summed E-state index contributed by atoms with van der Waals surface area (Å²) in [4.78, 5) is 14.4. The zero-order valence-corrected chi connectivity index (χ0v) is 18.0. The fourth-order valence-corrected chi connectivity index (χ4v) is 4.34. The molecule has 1 saturated heterocycles. The first-order valence-corrected chi connectivity index (χ1v) is 10.8. The maximum absolute atomic E-state index is 5.34. The second kappa shape index (κ2) is 8.40. The zero-order valence-electron chi connectivity index (χ0n) is 18.0. The minimum Gasteiger partial charge on any atom is -0.497 e. The molecule has 0 N–H and O–H groups in total. The molecule has 31 heavy (non-hydrogen) atoms. The number of rotatable bonds is 5. The fourth-order valence-electron chi connectivity index (χ4n) is 4.34. The average molecular weight is 414 g/mol. The van der Waals surface area contributed by atoms with Crippen LogP contribution in [0.2, 0.25) is 0 Å². The minimum absolute atomic E-state index is 0.840. The molecule has 0 unspecified atom stereocenters. The molecule has 1 fully saturated rings. The first-order valence-electron chi connectivity index (χ1n) is 10.8. The Kier molecular flexibility index (Phi) is 5.30. The predicted molar refractivity (Wildman–Crippen MR) is 125 cm³/mol. The Balaban J connectivity index is 1.68. The van der Waals surface area contributed by atoms with Crippen molar-refractivity contribution in [2.24, 2.45) is 0 Å². The number of hydrogen-bond acceptors (Lipinski definition) is 5. The molecular formula is C25H27N5O. The lowest BCUT2D eigenvalue weighted by Gasteiger charge is -2.35. The van der Waals surface area contributed by atoms with Crippen LogP contribution in [-0.4, -0.2) is 59.3 Å². The van der Waals surface area contributed by atoms with Crippen molar-refractivity contribution in [3.8, 4) is 22.6 Å². The molecule has 6 heteroatoms. The summed E-state index contributed by atoms with van der Waals surface area (Å²) < 4.78 is 7.50. The predicted octanol–water partition coefficient (Wildman–Crippen LogP) is 4.24. The van der Waals surface area contributed by atoms with E-state index in [4.69, 9.17) is 14.7 Å². The summed E-state index contributed by atoms with van der Waals surface area (Å²) in [5.74, 6) is 1.86. The monoisotopic (exact) mass is 413 g/mol. The zero-order chi connectivity index (χ0) is 21.2. The van der Waals surface area contributed by atoms with Crippen LogP contribution in [0.4, 0.5) is 5.82 Å². The van der Waals surface area contributed by atoms with Crippen molar-refractivity contribution in [2.45, 2.75) is 6.92 Å². The molecule has 0 spiro atoms. The summed E-state index contributed by atoms with van der Waals surface area (Å²) in [6, 6.07) is 18.6. The van der Waals surface area contributed by atoms with Crippen molar-refractivity contribution in [3.05, 3.63) is 67.1 Å². The van der Waals surface area contributed by atoms with Crippen molar-refractivity contribution in [1.82, 2.24) is 19.4 Å². The number of ether oxygens (including phenoxy) is 1. The van der Waals surface area contributed by atoms with E-state index >= 15 is 0 Å². The lowest BCUT2D eigenvalue weighted by Crippen LogP contribution is -2.46. The van der Waals surface area contributed by atoms with Gasteiger partial charge in [-0.2, -0.15) is 0 Å². The van der Waals surface area contributed by atoms with Gasteiger partial charge >= 0.3 is 0 Å². The van der Waals surface area contributed by atoms with Crippen LogP contribution in [-0.2, 0) is 0 Å². The highest BCUT2D eigenvalue weighted by molar-refractivity contribution is 6.02. The van der Waals surface area contributed by atoms with Crippen LogP contribution in [0.25, 0.3) is 27.8 Å². The van der Waals surface area contributed by atoms with E-state index in [-0.39, 0.29) is 0 Å². The molecule has 2 aromatic heterocycles. The Morgan fingerprint density at radius 3 is 2.32 bits per heavy atom. The third kappa shape index (κ3) is 3.64. The van der Waals surface area contributed by atoms with E-state index in [2.05, 4.69) is 63.9 Å². The van der Waals surface area contributed by atoms with Gasteiger partial charge in [-0.25, -0.2) is 9.97 Å². The van der Waals surface area contributed by atoms with E-state index in [1.54, 1.807) is 13.4 Å². The Morgan fingerprint density at radius 1 is 0.903 bits per heavy atom. The quantitative estimate of drug-likeness (QED) is 0.490. The van der Waals surface area contributed by atoms with E-state index < -0.39 is 0 Å². The van der Waals surface area contributed by atoms with Crippen molar-refractivity contribution in [3.63, 3.8) is 0 Å². The first-order chi connectivity index (χ1) is 15.3. The van der Waals surface area contributed by atoms with Gasteiger partial charge < -0.3 is 19.1 Å². The average Bonchev–Trinajstić information content (AvgIpc) is 3.25. The second-order valence-electron chi connectivity index (χ2n) is 7.79. The number of aromatic nitrogens is 3. The number of fused-ring (bicyclic) bond motifs is 1. The van der Waals surface area contributed by atoms with E-state index in [0.29, 0.717) is 0 Å². The first kappa shape index (κ1) is 19.6. The number of piperazine rings is 1. The summed E-state index contributed by atoms with van der Waals surface area (Å²) in [6.07, 6.45) is 3.88. The standard InChI is InChI=1S/C25H27N5O/c1-3-28-13-15-29(16-14-28)24-23-22(19-7-5-4-6-8-19)17-30(25(23)27-18-26-24)20-9-11-21(31-2)12-10-20/h4-12,17-18H,3,13-16H2,1-2H3. The Morgan fingerprint density at radius 2 is 1.65 bits per heavy atom. The number of likely N-dealkylation sites (N-methyl/N-ethyl adjacent to an activating group) is 1. The molecule has 2 aromatic carbocycles. The number of nitrogens with zero attached hydrogens (tertiary/aromatic N) is 5. The molecule has 0 radical (unpaired) electrons. The SMILES string of the molecule is CCN1CCN(c2ncnc3c2c(-c2ccccc2)cn3-c2ccc(OC)cc2)CC1. The molecule has 4 aromatic rings. The third-order valence-electron chi connectivity index (χ3n) is 6.12. The van der Waals surface area contributed by atoms with E-state index in [1.807, 2.05) is 18.2 Å². The lowest BCUT2D eigenvalue weighted by molar-refractivity contribution is 0.271. The summed E-state index contributed by atoms with van der Waals surface area (Å²) in [6.45, 7) is 7.38. The molecule has 6 nitrogen and oxygen atoms in total. The summed E-state index contributed by atoms with van der Waals surface area (Å²) in [5, 5.41) is 1.11. The molecule has 0 aliphatic carbocycles. The minimum atomic E-state index is 0.840. The van der Waals surface area contributed by atoms with Crippen LogP contribution >= 0.6 is 0 Å². The van der Waals surface area contributed by atoms with E-state index in [9.17, 15) is 0 Å². The van der Waals surface area contributed by atoms with Crippen LogP contribution in [0, 0.1) is 0 Å². The number of benzene rings is 2. The molecule has 0 saturated carbocycles. The summed E-state index contributed by atoms with van der Waals surface area (Å²) in [7, 11) is 1.69. The van der Waals surface area contributed by atoms with Crippen molar-refractivity contribution < 1.29 is 4.74 Å². The molecule has 0 atom stereocenters. The van der Waals surface area contributed by atoms with Crippen LogP contribution < -0.4 is 9.64 Å². The third-order valence-corrected chi connectivity index (χ3v) is 6.12. The van der Waals surface area contributed by atoms with Crippen molar-refractivity contribution in [1.29, 1.82) is 0 Å². The second-order valence-corrected chi connectivity index (χ2v) is 7.79. The smallest absolute Gasteiger partial charge is 0.150 e. The normalized spacial score (nSPS) is 14.8. The van der Waals surface area contributed by atoms with E-state index in [0.717, 1.165) is 66.6 Å². The van der Waals surface area contributed by atoms with Gasteiger partial charge in [-0.3, -0.25) is 0 Å². The Hall–Kier alpha value is -3.38. The van der Waals surface area contributed by atoms with E-state index in [1.165, 1.54) is 5.56 Å². The van der Waals surface area contributed by atoms with Gasteiger partial charge in [0.05, 0.1) is 12.5 Å². The van der Waals surface area contributed by atoms with Crippen molar-refractivity contribution >= 4 is 16.9 Å². The molecule has 0 amide bonds. The van der Waals surface area contributed by atoms with Crippen LogP contribution in [0.15, 0.2) is 67.1 Å². The van der Waals surface area contributed by atoms with Gasteiger partial charge in [0.1, 0.15) is 17.9 Å².